The Hall–Kier alpha value is -6.65. The molecule has 0 saturated heterocycles. The SMILES string of the molecule is CC(C)(C)c1cnc(-c2[c-]cccc2)cc1C(C)(C)C.[2H]C([2H])([2H])c1c[c-]c(-c2nc3ccccc3n2-c2c(C(C)C)cc(-c3ccccc3)cc2C(C)C)c2oc3cc4c(ccc5ccccc54)cc3c12.[Ir]. The number of hydrogen-bond acceptors (Lipinski definition) is 3. The average Bonchev–Trinajstić information content (AvgIpc) is 3.93. The Morgan fingerprint density at radius 2 is 1.30 bits per heavy atom. The van der Waals surface area contributed by atoms with Crippen molar-refractivity contribution < 1.29 is 28.6 Å². The third kappa shape index (κ3) is 8.91. The first-order chi connectivity index (χ1) is 34.3. The van der Waals surface area contributed by atoms with Gasteiger partial charge in [0, 0.05) is 41.5 Å². The Labute approximate surface area is 431 Å². The van der Waals surface area contributed by atoms with E-state index in [-0.39, 0.29) is 48.3 Å². The van der Waals surface area contributed by atoms with Gasteiger partial charge in [-0.05, 0) is 120 Å². The number of para-hydroxylation sites is 2. The number of pyridine rings is 1. The van der Waals surface area contributed by atoms with Crippen LogP contribution in [0.3, 0.4) is 0 Å². The predicted octanol–water partition coefficient (Wildman–Crippen LogP) is 18.1. The van der Waals surface area contributed by atoms with Crippen molar-refractivity contribution in [2.75, 3.05) is 0 Å². The average molecular weight is 1100 g/mol. The van der Waals surface area contributed by atoms with E-state index in [2.05, 4.69) is 182 Å². The molecule has 11 rings (SSSR count). The molecular weight excluding hydrogens is 1030 g/mol. The van der Waals surface area contributed by atoms with Gasteiger partial charge in [0.2, 0.25) is 0 Å². The molecule has 0 amide bonds. The van der Waals surface area contributed by atoms with E-state index in [1.54, 1.807) is 6.07 Å². The van der Waals surface area contributed by atoms with Crippen LogP contribution in [0, 0.1) is 19.0 Å². The van der Waals surface area contributed by atoms with Gasteiger partial charge in [-0.3, -0.25) is 4.98 Å². The zero-order valence-corrected chi connectivity index (χ0v) is 44.1. The van der Waals surface area contributed by atoms with Crippen LogP contribution >= 0.6 is 0 Å². The second kappa shape index (κ2) is 18.9. The van der Waals surface area contributed by atoms with Crippen LogP contribution in [0.25, 0.3) is 94.0 Å². The number of imidazole rings is 1. The smallest absolute Gasteiger partial charge is 0.121 e. The number of fused-ring (bicyclic) bond motifs is 7. The van der Waals surface area contributed by atoms with Crippen LogP contribution in [0.2, 0.25) is 0 Å². The normalized spacial score (nSPS) is 12.9. The van der Waals surface area contributed by atoms with Gasteiger partial charge in [0.25, 0.3) is 0 Å². The first-order valence-corrected chi connectivity index (χ1v) is 24.2. The zero-order valence-electron chi connectivity index (χ0n) is 44.7. The number of rotatable bonds is 6. The molecule has 1 radical (unpaired) electrons. The number of aromatic nitrogens is 3. The molecule has 0 atom stereocenters. The maximum atomic E-state index is 8.57. The molecule has 70 heavy (non-hydrogen) atoms. The van der Waals surface area contributed by atoms with Gasteiger partial charge in [0.1, 0.15) is 5.58 Å². The molecule has 0 aliphatic heterocycles. The minimum Gasteiger partial charge on any atom is -0.501 e. The van der Waals surface area contributed by atoms with Gasteiger partial charge in [-0.15, -0.1) is 53.6 Å². The molecule has 0 fully saturated rings. The van der Waals surface area contributed by atoms with Crippen LogP contribution in [0.1, 0.15) is 113 Å². The predicted molar refractivity (Wildman–Crippen MR) is 292 cm³/mol. The minimum absolute atomic E-state index is 0. The zero-order chi connectivity index (χ0) is 50.9. The van der Waals surface area contributed by atoms with Crippen LogP contribution in [0.15, 0.2) is 162 Å². The van der Waals surface area contributed by atoms with Crippen molar-refractivity contribution in [2.24, 2.45) is 0 Å². The van der Waals surface area contributed by atoms with E-state index in [1.165, 1.54) is 33.4 Å². The summed E-state index contributed by atoms with van der Waals surface area (Å²) in [6.45, 7) is 20.1. The molecule has 353 valence electrons. The van der Waals surface area contributed by atoms with Crippen molar-refractivity contribution in [1.82, 2.24) is 14.5 Å². The quantitative estimate of drug-likeness (QED) is 0.123. The Morgan fingerprint density at radius 3 is 1.99 bits per heavy atom. The number of furan rings is 1. The summed E-state index contributed by atoms with van der Waals surface area (Å²) < 4.78 is 34.8. The molecule has 0 unspecified atom stereocenters. The summed E-state index contributed by atoms with van der Waals surface area (Å²) >= 11 is 0. The van der Waals surface area contributed by atoms with E-state index in [0.29, 0.717) is 27.9 Å². The van der Waals surface area contributed by atoms with Gasteiger partial charge in [-0.1, -0.05) is 172 Å². The van der Waals surface area contributed by atoms with Gasteiger partial charge in [0.15, 0.2) is 0 Å². The van der Waals surface area contributed by atoms with Crippen molar-refractivity contribution in [3.05, 3.63) is 198 Å². The summed E-state index contributed by atoms with van der Waals surface area (Å²) in [5.41, 5.74) is 14.5. The van der Waals surface area contributed by atoms with Gasteiger partial charge >= 0.3 is 0 Å². The number of aryl methyl sites for hydroxylation is 1. The van der Waals surface area contributed by atoms with Crippen LogP contribution < -0.4 is 0 Å². The van der Waals surface area contributed by atoms with E-state index >= 15 is 0 Å². The first-order valence-electron chi connectivity index (χ1n) is 25.7. The number of nitrogens with zero attached hydrogens (tertiary/aromatic N) is 3. The molecule has 0 N–H and O–H groups in total. The molecule has 0 saturated carbocycles. The Balaban J connectivity index is 0.000000264. The van der Waals surface area contributed by atoms with Gasteiger partial charge in [-0.25, -0.2) is 0 Å². The van der Waals surface area contributed by atoms with E-state index in [1.807, 2.05) is 60.8 Å². The molecule has 0 aliphatic rings. The standard InChI is InChI=1S/C46H37N2O.C19H24N.Ir/c1-27(2)36-24-33(30-13-7-6-8-14-30)25-37(28(3)4)44(36)48-41-18-12-11-17-40(41)47-46(48)35-22-19-29(5)43-39-23-32-21-20-31-15-9-10-16-34(31)38(32)26-42(39)49-45(35)43;1-18(2,3)15-12-17(14-10-8-7-9-11-14)20-13-16(15)19(4,5)6;/h6-21,23-28H,1-5H3;7-10,12-13H,1-6H3;/q2*-1;/i5D3;;. The first kappa shape index (κ1) is 44.6. The largest absolute Gasteiger partial charge is 0.501 e. The molecular formula is C65H61IrN3O-2. The van der Waals surface area contributed by atoms with Crippen molar-refractivity contribution in [2.45, 2.75) is 98.8 Å². The third-order valence-electron chi connectivity index (χ3n) is 13.4. The number of benzene rings is 8. The van der Waals surface area contributed by atoms with Gasteiger partial charge in [0.05, 0.1) is 22.4 Å². The molecule has 8 aromatic carbocycles. The van der Waals surface area contributed by atoms with E-state index in [4.69, 9.17) is 13.5 Å². The fourth-order valence-electron chi connectivity index (χ4n) is 9.90. The van der Waals surface area contributed by atoms with Crippen LogP contribution in [-0.2, 0) is 30.9 Å². The van der Waals surface area contributed by atoms with Crippen molar-refractivity contribution >= 4 is 54.5 Å². The van der Waals surface area contributed by atoms with Crippen LogP contribution in [0.4, 0.5) is 0 Å². The maximum Gasteiger partial charge on any atom is 0.121 e. The van der Waals surface area contributed by atoms with Crippen molar-refractivity contribution in [1.29, 1.82) is 0 Å². The molecule has 0 spiro atoms. The second-order valence-corrected chi connectivity index (χ2v) is 21.1. The molecule has 3 heterocycles. The molecule has 0 aliphatic carbocycles. The summed E-state index contributed by atoms with van der Waals surface area (Å²) in [5, 5.41) is 5.67. The summed E-state index contributed by atoms with van der Waals surface area (Å²) in [6.07, 6.45) is 2.04. The van der Waals surface area contributed by atoms with E-state index in [0.717, 1.165) is 54.9 Å². The van der Waals surface area contributed by atoms with E-state index < -0.39 is 6.85 Å². The summed E-state index contributed by atoms with van der Waals surface area (Å²) in [5.74, 6) is 1.05. The van der Waals surface area contributed by atoms with Crippen LogP contribution in [-0.4, -0.2) is 14.5 Å². The molecule has 5 heteroatoms. The van der Waals surface area contributed by atoms with E-state index in [9.17, 15) is 0 Å². The molecule has 0 bridgehead atoms. The maximum absolute atomic E-state index is 8.57. The molecule has 11 aromatic rings. The molecule has 3 aromatic heterocycles. The third-order valence-corrected chi connectivity index (χ3v) is 13.4. The van der Waals surface area contributed by atoms with Crippen molar-refractivity contribution in [3.63, 3.8) is 0 Å². The van der Waals surface area contributed by atoms with Crippen LogP contribution in [0.5, 0.6) is 0 Å². The molecule has 4 nitrogen and oxygen atoms in total. The number of hydrogen-bond donors (Lipinski definition) is 0. The Morgan fingerprint density at radius 1 is 0.629 bits per heavy atom. The van der Waals surface area contributed by atoms with Gasteiger partial charge in [-0.2, -0.15) is 0 Å². The van der Waals surface area contributed by atoms with Gasteiger partial charge < -0.3 is 14.0 Å². The Kier molecular flexibility index (Phi) is 12.0. The van der Waals surface area contributed by atoms with Crippen molar-refractivity contribution in [3.8, 4) is 39.5 Å². The summed E-state index contributed by atoms with van der Waals surface area (Å²) in [4.78, 5) is 9.94. The monoisotopic (exact) mass is 1100 g/mol. The summed E-state index contributed by atoms with van der Waals surface area (Å²) in [6, 6.07) is 58.5. The second-order valence-electron chi connectivity index (χ2n) is 21.1. The fraction of sp³-hybridized carbons (Fsp3) is 0.231. The fourth-order valence-corrected chi connectivity index (χ4v) is 9.90. The summed E-state index contributed by atoms with van der Waals surface area (Å²) in [7, 11) is 0. The Bertz CT molecular complexity index is 3790. The minimum atomic E-state index is -2.38. The topological polar surface area (TPSA) is 43.9 Å².